The van der Waals surface area contributed by atoms with Crippen molar-refractivity contribution in [1.82, 2.24) is 0 Å². The van der Waals surface area contributed by atoms with Crippen molar-refractivity contribution < 1.29 is 13.2 Å². The van der Waals surface area contributed by atoms with Crippen LogP contribution in [0.4, 0.5) is 18.9 Å². The molecular weight excluding hydrogens is 275 g/mol. The van der Waals surface area contributed by atoms with E-state index in [0.717, 1.165) is 48.3 Å². The van der Waals surface area contributed by atoms with Gasteiger partial charge in [0.25, 0.3) is 0 Å². The average molecular weight is 291 g/mol. The third-order valence-electron chi connectivity index (χ3n) is 3.84. The van der Waals surface area contributed by atoms with Gasteiger partial charge in [0.1, 0.15) is 0 Å². The van der Waals surface area contributed by atoms with Gasteiger partial charge in [-0.25, -0.2) is 0 Å². The Morgan fingerprint density at radius 1 is 1.00 bits per heavy atom. The molecular formula is C17H16F3N. The molecule has 0 bridgehead atoms. The number of halogens is 3. The Balaban J connectivity index is 1.84. The number of para-hydroxylation sites is 1. The Kier molecular flexibility index (Phi) is 3.62. The van der Waals surface area contributed by atoms with Crippen LogP contribution in [0.25, 0.3) is 0 Å². The highest BCUT2D eigenvalue weighted by Gasteiger charge is 2.29. The van der Waals surface area contributed by atoms with Gasteiger partial charge in [-0.2, -0.15) is 13.2 Å². The van der Waals surface area contributed by atoms with Crippen LogP contribution in [-0.2, 0) is 19.0 Å². The standard InChI is InChI=1S/C17H16F3N/c18-17(19,20)15-8-6-12(7-9-15)11-14-4-1-3-13-5-2-10-21-16(13)14/h1,3-4,6-9,21H,2,5,10-11H2. The summed E-state index contributed by atoms with van der Waals surface area (Å²) >= 11 is 0. The summed E-state index contributed by atoms with van der Waals surface area (Å²) in [4.78, 5) is 0. The van der Waals surface area contributed by atoms with Gasteiger partial charge in [-0.05, 0) is 48.1 Å². The third-order valence-corrected chi connectivity index (χ3v) is 3.84. The van der Waals surface area contributed by atoms with E-state index in [9.17, 15) is 13.2 Å². The summed E-state index contributed by atoms with van der Waals surface area (Å²) in [7, 11) is 0. The van der Waals surface area contributed by atoms with Crippen molar-refractivity contribution in [2.75, 3.05) is 11.9 Å². The smallest absolute Gasteiger partial charge is 0.385 e. The summed E-state index contributed by atoms with van der Waals surface area (Å²) in [5.41, 5.74) is 3.89. The molecule has 4 heteroatoms. The van der Waals surface area contributed by atoms with Crippen LogP contribution in [0.1, 0.15) is 28.7 Å². The highest BCUT2D eigenvalue weighted by Crippen LogP contribution is 2.31. The van der Waals surface area contributed by atoms with Gasteiger partial charge >= 0.3 is 6.18 Å². The van der Waals surface area contributed by atoms with Crippen LogP contribution in [0, 0.1) is 0 Å². The lowest BCUT2D eigenvalue weighted by molar-refractivity contribution is -0.137. The minimum Gasteiger partial charge on any atom is -0.385 e. The fraction of sp³-hybridized carbons (Fsp3) is 0.294. The molecule has 0 saturated heterocycles. The highest BCUT2D eigenvalue weighted by molar-refractivity contribution is 5.60. The molecule has 0 atom stereocenters. The second-order valence-corrected chi connectivity index (χ2v) is 5.35. The quantitative estimate of drug-likeness (QED) is 0.849. The second-order valence-electron chi connectivity index (χ2n) is 5.35. The predicted molar refractivity (Wildman–Crippen MR) is 77.5 cm³/mol. The third kappa shape index (κ3) is 3.04. The number of rotatable bonds is 2. The van der Waals surface area contributed by atoms with Crippen molar-refractivity contribution in [2.45, 2.75) is 25.4 Å². The molecule has 1 heterocycles. The highest BCUT2D eigenvalue weighted by atomic mass is 19.4. The van der Waals surface area contributed by atoms with Gasteiger partial charge in [0.2, 0.25) is 0 Å². The molecule has 0 fully saturated rings. The zero-order chi connectivity index (χ0) is 14.9. The molecule has 0 spiro atoms. The molecule has 3 rings (SSSR count). The second kappa shape index (κ2) is 5.43. The van der Waals surface area contributed by atoms with Crippen LogP contribution in [0.2, 0.25) is 0 Å². The Morgan fingerprint density at radius 2 is 1.76 bits per heavy atom. The van der Waals surface area contributed by atoms with Gasteiger partial charge in [0, 0.05) is 12.2 Å². The number of alkyl halides is 3. The van der Waals surface area contributed by atoms with Crippen molar-refractivity contribution >= 4 is 5.69 Å². The molecule has 0 radical (unpaired) electrons. The first-order chi connectivity index (χ1) is 10.0. The summed E-state index contributed by atoms with van der Waals surface area (Å²) < 4.78 is 37.7. The maximum atomic E-state index is 12.6. The van der Waals surface area contributed by atoms with E-state index >= 15 is 0 Å². The van der Waals surface area contributed by atoms with E-state index in [1.165, 1.54) is 5.56 Å². The topological polar surface area (TPSA) is 12.0 Å². The van der Waals surface area contributed by atoms with Crippen LogP contribution < -0.4 is 5.32 Å². The summed E-state index contributed by atoms with van der Waals surface area (Å²) in [6, 6.07) is 11.6. The van der Waals surface area contributed by atoms with Crippen molar-refractivity contribution in [3.8, 4) is 0 Å². The van der Waals surface area contributed by atoms with Gasteiger partial charge in [0.15, 0.2) is 0 Å². The monoisotopic (exact) mass is 291 g/mol. The molecule has 2 aromatic rings. The lowest BCUT2D eigenvalue weighted by Crippen LogP contribution is -2.13. The number of hydrogen-bond acceptors (Lipinski definition) is 1. The van der Waals surface area contributed by atoms with Crippen molar-refractivity contribution in [3.63, 3.8) is 0 Å². The van der Waals surface area contributed by atoms with E-state index in [-0.39, 0.29) is 0 Å². The molecule has 2 aromatic carbocycles. The van der Waals surface area contributed by atoms with Gasteiger partial charge in [-0.3, -0.25) is 0 Å². The summed E-state index contributed by atoms with van der Waals surface area (Å²) in [6.45, 7) is 0.955. The lowest BCUT2D eigenvalue weighted by atomic mass is 9.95. The van der Waals surface area contributed by atoms with Crippen LogP contribution in [0.3, 0.4) is 0 Å². The zero-order valence-electron chi connectivity index (χ0n) is 11.5. The largest absolute Gasteiger partial charge is 0.416 e. The minimum absolute atomic E-state index is 0.598. The maximum Gasteiger partial charge on any atom is 0.416 e. The first kappa shape index (κ1) is 14.0. The molecule has 1 N–H and O–H groups in total. The summed E-state index contributed by atoms with van der Waals surface area (Å²) in [5, 5.41) is 3.41. The Morgan fingerprint density at radius 3 is 2.48 bits per heavy atom. The van der Waals surface area contributed by atoms with Crippen LogP contribution >= 0.6 is 0 Å². The predicted octanol–water partition coefficient (Wildman–Crippen LogP) is 4.65. The summed E-state index contributed by atoms with van der Waals surface area (Å²) in [5.74, 6) is 0. The van der Waals surface area contributed by atoms with Crippen molar-refractivity contribution in [3.05, 3.63) is 64.7 Å². The number of aryl methyl sites for hydroxylation is 1. The molecule has 110 valence electrons. The molecule has 0 aromatic heterocycles. The first-order valence-corrected chi connectivity index (χ1v) is 7.05. The van der Waals surface area contributed by atoms with Crippen LogP contribution in [0.5, 0.6) is 0 Å². The molecule has 1 aliphatic rings. The Hall–Kier alpha value is -1.97. The maximum absolute atomic E-state index is 12.6. The number of hydrogen-bond donors (Lipinski definition) is 1. The van der Waals surface area contributed by atoms with E-state index in [1.54, 1.807) is 12.1 Å². The first-order valence-electron chi connectivity index (χ1n) is 7.05. The average Bonchev–Trinajstić information content (AvgIpc) is 2.47. The number of benzene rings is 2. The molecule has 0 aliphatic carbocycles. The Labute approximate surface area is 121 Å². The van der Waals surface area contributed by atoms with Gasteiger partial charge in [-0.15, -0.1) is 0 Å². The van der Waals surface area contributed by atoms with Gasteiger partial charge in [0.05, 0.1) is 5.56 Å². The van der Waals surface area contributed by atoms with Crippen molar-refractivity contribution in [2.24, 2.45) is 0 Å². The van der Waals surface area contributed by atoms with Gasteiger partial charge < -0.3 is 5.32 Å². The Bertz CT molecular complexity index is 629. The molecule has 1 aliphatic heterocycles. The number of anilines is 1. The normalized spacial score (nSPS) is 14.4. The summed E-state index contributed by atoms with van der Waals surface area (Å²) in [6.07, 6.45) is -1.44. The minimum atomic E-state index is -4.27. The zero-order valence-corrected chi connectivity index (χ0v) is 11.5. The number of fused-ring (bicyclic) bond motifs is 1. The van der Waals surface area contributed by atoms with E-state index in [0.29, 0.717) is 6.42 Å². The SMILES string of the molecule is FC(F)(F)c1ccc(Cc2cccc3c2NCCC3)cc1. The van der Waals surface area contributed by atoms with Gasteiger partial charge in [-0.1, -0.05) is 30.3 Å². The van der Waals surface area contributed by atoms with E-state index in [4.69, 9.17) is 0 Å². The van der Waals surface area contributed by atoms with E-state index < -0.39 is 11.7 Å². The van der Waals surface area contributed by atoms with E-state index in [1.807, 2.05) is 12.1 Å². The number of nitrogens with one attached hydrogen (secondary N) is 1. The molecule has 0 amide bonds. The fourth-order valence-electron chi connectivity index (χ4n) is 2.76. The molecule has 0 saturated carbocycles. The van der Waals surface area contributed by atoms with E-state index in [2.05, 4.69) is 11.4 Å². The molecule has 0 unspecified atom stereocenters. The van der Waals surface area contributed by atoms with Crippen LogP contribution in [0.15, 0.2) is 42.5 Å². The molecule has 1 nitrogen and oxygen atoms in total. The lowest BCUT2D eigenvalue weighted by Gasteiger charge is -2.21. The molecule has 21 heavy (non-hydrogen) atoms. The van der Waals surface area contributed by atoms with Crippen molar-refractivity contribution in [1.29, 1.82) is 0 Å². The van der Waals surface area contributed by atoms with Crippen LogP contribution in [-0.4, -0.2) is 6.54 Å². The fourth-order valence-corrected chi connectivity index (χ4v) is 2.76.